The maximum Gasteiger partial charge on any atom is 0.191 e. The van der Waals surface area contributed by atoms with Gasteiger partial charge in [-0.05, 0) is 37.1 Å². The molecule has 17 heavy (non-hydrogen) atoms. The molecule has 1 N–H and O–H groups in total. The lowest BCUT2D eigenvalue weighted by molar-refractivity contribution is 0.104. The van der Waals surface area contributed by atoms with Gasteiger partial charge in [-0.3, -0.25) is 4.79 Å². The van der Waals surface area contributed by atoms with Crippen molar-refractivity contribution in [2.24, 2.45) is 0 Å². The first-order chi connectivity index (χ1) is 7.99. The van der Waals surface area contributed by atoms with E-state index in [1.165, 1.54) is 29.6 Å². The number of hydrogen-bond acceptors (Lipinski definition) is 4. The average molecular weight is 289 g/mol. The van der Waals surface area contributed by atoms with E-state index in [9.17, 15) is 9.90 Å². The Hall–Kier alpha value is -0.580. The van der Waals surface area contributed by atoms with Crippen molar-refractivity contribution < 1.29 is 9.90 Å². The minimum atomic E-state index is -0.230. The second-order valence-electron chi connectivity index (χ2n) is 3.38. The summed E-state index contributed by atoms with van der Waals surface area (Å²) >= 11 is 8.83. The fraction of sp³-hybridized carbons (Fsp3) is 0.250. The fourth-order valence-electron chi connectivity index (χ4n) is 1.31. The van der Waals surface area contributed by atoms with Gasteiger partial charge in [0.2, 0.25) is 0 Å². The molecule has 0 spiro atoms. The molecular formula is C12H13ClO2S2. The van der Waals surface area contributed by atoms with E-state index in [1.807, 2.05) is 19.4 Å². The van der Waals surface area contributed by atoms with Crippen molar-refractivity contribution >= 4 is 40.9 Å². The van der Waals surface area contributed by atoms with E-state index in [0.717, 1.165) is 9.80 Å². The zero-order chi connectivity index (χ0) is 13.0. The van der Waals surface area contributed by atoms with E-state index < -0.39 is 0 Å². The largest absolute Gasteiger partial charge is 0.506 e. The first-order valence-corrected chi connectivity index (χ1v) is 7.65. The van der Waals surface area contributed by atoms with Crippen LogP contribution in [0, 0.1) is 6.92 Å². The van der Waals surface area contributed by atoms with Crippen molar-refractivity contribution in [3.05, 3.63) is 38.6 Å². The third-order valence-electron chi connectivity index (χ3n) is 2.12. The quantitative estimate of drug-likeness (QED) is 0.668. The Morgan fingerprint density at radius 1 is 1.35 bits per heavy atom. The summed E-state index contributed by atoms with van der Waals surface area (Å²) < 4.78 is 0.895. The van der Waals surface area contributed by atoms with Crippen molar-refractivity contribution in [1.82, 2.24) is 0 Å². The van der Waals surface area contributed by atoms with Crippen LogP contribution in [0.15, 0.2) is 22.4 Å². The van der Waals surface area contributed by atoms with Crippen LogP contribution in [0.5, 0.6) is 5.75 Å². The number of carbonyl (C=O) groups excluding carboxylic acids is 1. The van der Waals surface area contributed by atoms with Gasteiger partial charge in [0.1, 0.15) is 5.75 Å². The highest BCUT2D eigenvalue weighted by Crippen LogP contribution is 2.31. The number of ketones is 1. The molecule has 2 nitrogen and oxygen atoms in total. The highest BCUT2D eigenvalue weighted by molar-refractivity contribution is 8.21. The van der Waals surface area contributed by atoms with Crippen molar-refractivity contribution in [2.45, 2.75) is 6.92 Å². The third kappa shape index (κ3) is 3.69. The maximum atomic E-state index is 12.0. The predicted octanol–water partition coefficient (Wildman–Crippen LogP) is 4.10. The second kappa shape index (κ2) is 6.38. The van der Waals surface area contributed by atoms with E-state index in [4.69, 9.17) is 11.6 Å². The molecule has 0 aliphatic heterocycles. The molecule has 0 aromatic heterocycles. The molecule has 1 aromatic carbocycles. The van der Waals surface area contributed by atoms with Crippen LogP contribution < -0.4 is 0 Å². The number of allylic oxidation sites excluding steroid dienone is 1. The van der Waals surface area contributed by atoms with E-state index in [2.05, 4.69) is 0 Å². The smallest absolute Gasteiger partial charge is 0.191 e. The highest BCUT2D eigenvalue weighted by Gasteiger charge is 2.13. The number of thioether (sulfide) groups is 2. The van der Waals surface area contributed by atoms with E-state index in [-0.39, 0.29) is 22.1 Å². The Morgan fingerprint density at radius 3 is 2.47 bits per heavy atom. The van der Waals surface area contributed by atoms with Crippen LogP contribution in [0.2, 0.25) is 5.02 Å². The van der Waals surface area contributed by atoms with Crippen LogP contribution in [0.25, 0.3) is 0 Å². The summed E-state index contributed by atoms with van der Waals surface area (Å²) in [5.41, 5.74) is 1.09. The molecule has 1 rings (SSSR count). The molecule has 0 heterocycles. The molecule has 92 valence electrons. The number of rotatable bonds is 4. The molecular weight excluding hydrogens is 276 g/mol. The van der Waals surface area contributed by atoms with Crippen LogP contribution in [0.4, 0.5) is 0 Å². The number of benzene rings is 1. The van der Waals surface area contributed by atoms with Crippen LogP contribution in [0.3, 0.4) is 0 Å². The molecule has 0 saturated carbocycles. The van der Waals surface area contributed by atoms with Gasteiger partial charge in [-0.25, -0.2) is 0 Å². The zero-order valence-electron chi connectivity index (χ0n) is 9.78. The Bertz CT molecular complexity index is 464. The lowest BCUT2D eigenvalue weighted by Gasteiger charge is -2.05. The molecule has 0 saturated heterocycles. The number of hydrogen-bond donors (Lipinski definition) is 1. The number of aryl methyl sites for hydroxylation is 1. The monoisotopic (exact) mass is 288 g/mol. The van der Waals surface area contributed by atoms with Gasteiger partial charge in [-0.15, -0.1) is 23.5 Å². The van der Waals surface area contributed by atoms with Crippen LogP contribution in [0.1, 0.15) is 15.9 Å². The summed E-state index contributed by atoms with van der Waals surface area (Å²) in [6.07, 6.45) is 5.32. The summed E-state index contributed by atoms with van der Waals surface area (Å²) in [7, 11) is 0. The SMILES string of the molecule is CSC(=CC(=O)c1cc(C)cc(Cl)c1O)SC. The molecule has 0 unspecified atom stereocenters. The van der Waals surface area contributed by atoms with E-state index in [0.29, 0.717) is 0 Å². The predicted molar refractivity (Wildman–Crippen MR) is 77.3 cm³/mol. The molecule has 0 aliphatic carbocycles. The van der Waals surface area contributed by atoms with Gasteiger partial charge in [-0.2, -0.15) is 0 Å². The summed E-state index contributed by atoms with van der Waals surface area (Å²) in [5.74, 6) is -0.383. The molecule has 0 bridgehead atoms. The van der Waals surface area contributed by atoms with Gasteiger partial charge in [-0.1, -0.05) is 11.6 Å². The molecule has 0 aliphatic rings. The number of aromatic hydroxyl groups is 1. The van der Waals surface area contributed by atoms with Crippen LogP contribution in [-0.4, -0.2) is 23.4 Å². The van der Waals surface area contributed by atoms with Crippen molar-refractivity contribution in [1.29, 1.82) is 0 Å². The third-order valence-corrected chi connectivity index (χ3v) is 4.45. The molecule has 0 fully saturated rings. The minimum absolute atomic E-state index is 0.153. The van der Waals surface area contributed by atoms with E-state index in [1.54, 1.807) is 12.1 Å². The molecule has 0 radical (unpaired) electrons. The zero-order valence-corrected chi connectivity index (χ0v) is 12.2. The number of carbonyl (C=O) groups is 1. The summed E-state index contributed by atoms with van der Waals surface area (Å²) in [6.45, 7) is 1.83. The summed E-state index contributed by atoms with van der Waals surface area (Å²) in [4.78, 5) is 12.0. The van der Waals surface area contributed by atoms with Gasteiger partial charge in [0.25, 0.3) is 0 Å². The van der Waals surface area contributed by atoms with Gasteiger partial charge in [0, 0.05) is 10.3 Å². The summed E-state index contributed by atoms with van der Waals surface area (Å²) in [5, 5.41) is 9.96. The maximum absolute atomic E-state index is 12.0. The number of phenols is 1. The van der Waals surface area contributed by atoms with Gasteiger partial charge < -0.3 is 5.11 Å². The Morgan fingerprint density at radius 2 is 1.94 bits per heavy atom. The number of halogens is 1. The molecule has 5 heteroatoms. The van der Waals surface area contributed by atoms with Crippen LogP contribution in [-0.2, 0) is 0 Å². The normalized spacial score (nSPS) is 10.1. The summed E-state index contributed by atoms with van der Waals surface area (Å²) in [6, 6.07) is 3.26. The van der Waals surface area contributed by atoms with Crippen molar-refractivity contribution in [3.63, 3.8) is 0 Å². The van der Waals surface area contributed by atoms with Crippen molar-refractivity contribution in [3.8, 4) is 5.75 Å². The van der Waals surface area contributed by atoms with Gasteiger partial charge in [0.15, 0.2) is 5.78 Å². The average Bonchev–Trinajstić information content (AvgIpc) is 2.30. The van der Waals surface area contributed by atoms with Crippen LogP contribution >= 0.6 is 35.1 Å². The topological polar surface area (TPSA) is 37.3 Å². The highest BCUT2D eigenvalue weighted by atomic mass is 35.5. The van der Waals surface area contributed by atoms with Gasteiger partial charge >= 0.3 is 0 Å². The lowest BCUT2D eigenvalue weighted by Crippen LogP contribution is -1.97. The Kier molecular flexibility index (Phi) is 5.43. The first kappa shape index (κ1) is 14.5. The first-order valence-electron chi connectivity index (χ1n) is 4.82. The molecule has 1 aromatic rings. The number of phenolic OH excluding ortho intramolecular Hbond substituents is 1. The van der Waals surface area contributed by atoms with Crippen molar-refractivity contribution in [2.75, 3.05) is 12.5 Å². The van der Waals surface area contributed by atoms with E-state index >= 15 is 0 Å². The molecule has 0 amide bonds. The lowest BCUT2D eigenvalue weighted by atomic mass is 10.1. The second-order valence-corrected chi connectivity index (χ2v) is 5.74. The fourth-order valence-corrected chi connectivity index (χ4v) is 2.70. The Labute approximate surface area is 114 Å². The van der Waals surface area contributed by atoms with Gasteiger partial charge in [0.05, 0.1) is 10.6 Å². The Balaban J connectivity index is 3.17. The standard InChI is InChI=1S/C12H13ClO2S2/c1-7-4-8(12(15)9(13)5-7)10(14)6-11(16-2)17-3/h4-6,15H,1-3H3. The minimum Gasteiger partial charge on any atom is -0.506 e. The molecule has 0 atom stereocenters.